The van der Waals surface area contributed by atoms with Crippen LogP contribution in [0.5, 0.6) is 0 Å². The van der Waals surface area contributed by atoms with E-state index in [0.29, 0.717) is 19.4 Å². The topological polar surface area (TPSA) is 66.4 Å². The van der Waals surface area contributed by atoms with E-state index in [-0.39, 0.29) is 17.7 Å². The summed E-state index contributed by atoms with van der Waals surface area (Å²) in [6.07, 6.45) is 4.39. The number of carbonyl (C=O) groups excluding carboxylic acids is 1. The summed E-state index contributed by atoms with van der Waals surface area (Å²) >= 11 is 1.74. The molecule has 4 nitrogen and oxygen atoms in total. The molecule has 1 aliphatic rings. The average molecular weight is 295 g/mol. The van der Waals surface area contributed by atoms with Crippen LogP contribution in [0.15, 0.2) is 11.4 Å². The van der Waals surface area contributed by atoms with Crippen LogP contribution in [0.25, 0.3) is 0 Å². The number of rotatable bonds is 6. The van der Waals surface area contributed by atoms with Crippen molar-refractivity contribution >= 4 is 23.2 Å². The summed E-state index contributed by atoms with van der Waals surface area (Å²) in [6, 6.07) is 2.07. The maximum atomic E-state index is 12.2. The minimum Gasteiger partial charge on any atom is -0.481 e. The summed E-state index contributed by atoms with van der Waals surface area (Å²) in [6.45, 7) is 2.26. The molecule has 20 heavy (non-hydrogen) atoms. The average Bonchev–Trinajstić information content (AvgIpc) is 2.90. The smallest absolute Gasteiger partial charge is 0.306 e. The SMILES string of the molecule is CC(CCCNC(=O)C1CCCc2sccc21)C(=O)O. The number of carbonyl (C=O) groups is 2. The lowest BCUT2D eigenvalue weighted by atomic mass is 9.87. The Morgan fingerprint density at radius 3 is 3.10 bits per heavy atom. The quantitative estimate of drug-likeness (QED) is 0.793. The van der Waals surface area contributed by atoms with Crippen molar-refractivity contribution in [1.82, 2.24) is 5.32 Å². The van der Waals surface area contributed by atoms with Crippen molar-refractivity contribution in [1.29, 1.82) is 0 Å². The largest absolute Gasteiger partial charge is 0.481 e. The van der Waals surface area contributed by atoms with Crippen LogP contribution in [0.2, 0.25) is 0 Å². The highest BCUT2D eigenvalue weighted by Crippen LogP contribution is 2.34. The molecule has 1 aromatic rings. The Bertz CT molecular complexity index is 483. The van der Waals surface area contributed by atoms with Crippen LogP contribution in [-0.2, 0) is 16.0 Å². The van der Waals surface area contributed by atoms with Crippen LogP contribution in [0.3, 0.4) is 0 Å². The molecule has 2 rings (SSSR count). The molecule has 0 bridgehead atoms. The third kappa shape index (κ3) is 3.60. The van der Waals surface area contributed by atoms with E-state index in [1.165, 1.54) is 10.4 Å². The van der Waals surface area contributed by atoms with Crippen molar-refractivity contribution in [2.24, 2.45) is 5.92 Å². The molecule has 0 spiro atoms. The number of carboxylic acid groups (broad SMARTS) is 1. The highest BCUT2D eigenvalue weighted by atomic mass is 32.1. The zero-order valence-electron chi connectivity index (χ0n) is 11.7. The fraction of sp³-hybridized carbons (Fsp3) is 0.600. The highest BCUT2D eigenvalue weighted by Gasteiger charge is 2.26. The van der Waals surface area contributed by atoms with Gasteiger partial charge in [-0.25, -0.2) is 0 Å². The molecule has 1 aliphatic carbocycles. The second-order valence-corrected chi connectivity index (χ2v) is 6.42. The Morgan fingerprint density at radius 2 is 2.35 bits per heavy atom. The van der Waals surface area contributed by atoms with Crippen molar-refractivity contribution in [2.75, 3.05) is 6.54 Å². The molecular weight excluding hydrogens is 274 g/mol. The van der Waals surface area contributed by atoms with E-state index < -0.39 is 5.97 Å². The van der Waals surface area contributed by atoms with Gasteiger partial charge >= 0.3 is 5.97 Å². The maximum absolute atomic E-state index is 12.2. The summed E-state index contributed by atoms with van der Waals surface area (Å²) in [7, 11) is 0. The third-order valence-electron chi connectivity index (χ3n) is 3.90. The Hall–Kier alpha value is -1.36. The molecule has 110 valence electrons. The highest BCUT2D eigenvalue weighted by molar-refractivity contribution is 7.10. The molecule has 1 heterocycles. The fourth-order valence-corrected chi connectivity index (χ4v) is 3.61. The molecule has 2 N–H and O–H groups in total. The molecule has 0 aliphatic heterocycles. The van der Waals surface area contributed by atoms with Crippen LogP contribution < -0.4 is 5.32 Å². The molecule has 0 radical (unpaired) electrons. The number of hydrogen-bond acceptors (Lipinski definition) is 3. The van der Waals surface area contributed by atoms with E-state index in [4.69, 9.17) is 5.11 Å². The lowest BCUT2D eigenvalue weighted by Crippen LogP contribution is -2.32. The first-order valence-corrected chi connectivity index (χ1v) is 8.04. The van der Waals surface area contributed by atoms with Crippen LogP contribution in [0.4, 0.5) is 0 Å². The number of thiophene rings is 1. The standard InChI is InChI=1S/C15H21NO3S/c1-10(15(18)19)4-3-8-16-14(17)12-5-2-6-13-11(12)7-9-20-13/h7,9-10,12H,2-6,8H2,1H3,(H,16,17)(H,18,19). The van der Waals surface area contributed by atoms with Crippen molar-refractivity contribution in [2.45, 2.75) is 44.9 Å². The van der Waals surface area contributed by atoms with Gasteiger partial charge in [0.15, 0.2) is 0 Å². The van der Waals surface area contributed by atoms with Gasteiger partial charge in [0.05, 0.1) is 11.8 Å². The monoisotopic (exact) mass is 295 g/mol. The minimum absolute atomic E-state index is 0.0121. The Balaban J connectivity index is 1.78. The maximum Gasteiger partial charge on any atom is 0.306 e. The predicted octanol–water partition coefficient (Wildman–Crippen LogP) is 2.79. The molecule has 0 saturated heterocycles. The van der Waals surface area contributed by atoms with Gasteiger partial charge in [0.25, 0.3) is 0 Å². The lowest BCUT2D eigenvalue weighted by Gasteiger charge is -2.21. The van der Waals surface area contributed by atoms with Crippen LogP contribution in [0, 0.1) is 5.92 Å². The molecule has 0 aromatic carbocycles. The molecule has 2 unspecified atom stereocenters. The Labute approximate surface area is 123 Å². The molecule has 1 aromatic heterocycles. The Kier molecular flexibility index (Phi) is 5.17. The second-order valence-electron chi connectivity index (χ2n) is 5.42. The predicted molar refractivity (Wildman–Crippen MR) is 79.0 cm³/mol. The van der Waals surface area contributed by atoms with Crippen molar-refractivity contribution in [3.05, 3.63) is 21.9 Å². The third-order valence-corrected chi connectivity index (χ3v) is 4.90. The van der Waals surface area contributed by atoms with Crippen LogP contribution in [-0.4, -0.2) is 23.5 Å². The van der Waals surface area contributed by atoms with Crippen molar-refractivity contribution in [3.63, 3.8) is 0 Å². The van der Waals surface area contributed by atoms with Gasteiger partial charge in [-0.3, -0.25) is 9.59 Å². The second kappa shape index (κ2) is 6.88. The van der Waals surface area contributed by atoms with Gasteiger partial charge in [0, 0.05) is 11.4 Å². The summed E-state index contributed by atoms with van der Waals surface area (Å²) in [5.74, 6) is -1.04. The van der Waals surface area contributed by atoms with Crippen molar-refractivity contribution in [3.8, 4) is 0 Å². The first-order valence-electron chi connectivity index (χ1n) is 7.16. The number of carboxylic acids is 1. The summed E-state index contributed by atoms with van der Waals surface area (Å²) < 4.78 is 0. The van der Waals surface area contributed by atoms with Gasteiger partial charge in [0.2, 0.25) is 5.91 Å². The summed E-state index contributed by atoms with van der Waals surface area (Å²) in [5, 5.41) is 13.8. The number of amides is 1. The van der Waals surface area contributed by atoms with Gasteiger partial charge in [-0.1, -0.05) is 6.92 Å². The van der Waals surface area contributed by atoms with E-state index in [1.807, 2.05) is 0 Å². The number of aliphatic carboxylic acids is 1. The van der Waals surface area contributed by atoms with Gasteiger partial charge < -0.3 is 10.4 Å². The van der Waals surface area contributed by atoms with Gasteiger partial charge in [-0.15, -0.1) is 11.3 Å². The van der Waals surface area contributed by atoms with E-state index in [1.54, 1.807) is 18.3 Å². The molecule has 5 heteroatoms. The lowest BCUT2D eigenvalue weighted by molar-refractivity contribution is -0.141. The van der Waals surface area contributed by atoms with Crippen molar-refractivity contribution < 1.29 is 14.7 Å². The molecule has 2 atom stereocenters. The summed E-state index contributed by atoms with van der Waals surface area (Å²) in [4.78, 5) is 24.3. The first kappa shape index (κ1) is 15.0. The van der Waals surface area contributed by atoms with E-state index in [0.717, 1.165) is 19.3 Å². The fourth-order valence-electron chi connectivity index (χ4n) is 2.63. The Morgan fingerprint density at radius 1 is 1.55 bits per heavy atom. The van der Waals surface area contributed by atoms with Gasteiger partial charge in [-0.05, 0) is 49.1 Å². The van der Waals surface area contributed by atoms with E-state index >= 15 is 0 Å². The van der Waals surface area contributed by atoms with Gasteiger partial charge in [-0.2, -0.15) is 0 Å². The van der Waals surface area contributed by atoms with E-state index in [2.05, 4.69) is 16.8 Å². The number of nitrogens with one attached hydrogen (secondary N) is 1. The van der Waals surface area contributed by atoms with Gasteiger partial charge in [0.1, 0.15) is 0 Å². The van der Waals surface area contributed by atoms with Crippen LogP contribution in [0.1, 0.15) is 49.0 Å². The number of hydrogen-bond donors (Lipinski definition) is 2. The molecule has 0 fully saturated rings. The first-order chi connectivity index (χ1) is 9.59. The molecule has 0 saturated carbocycles. The minimum atomic E-state index is -0.772. The molecule has 1 amide bonds. The van der Waals surface area contributed by atoms with Crippen LogP contribution >= 0.6 is 11.3 Å². The molecular formula is C15H21NO3S. The zero-order chi connectivity index (χ0) is 14.5. The normalized spacial score (nSPS) is 19.1. The van der Waals surface area contributed by atoms with E-state index in [9.17, 15) is 9.59 Å². The number of fused-ring (bicyclic) bond motifs is 1. The number of aryl methyl sites for hydroxylation is 1. The summed E-state index contributed by atoms with van der Waals surface area (Å²) in [5.41, 5.74) is 1.19. The zero-order valence-corrected chi connectivity index (χ0v) is 12.5.